The van der Waals surface area contributed by atoms with Crippen LogP contribution in [0.2, 0.25) is 0 Å². The molecule has 1 amide bonds. The predicted octanol–water partition coefficient (Wildman–Crippen LogP) is 1.62. The number of para-hydroxylation sites is 1. The van der Waals surface area contributed by atoms with Gasteiger partial charge in [-0.15, -0.1) is 0 Å². The summed E-state index contributed by atoms with van der Waals surface area (Å²) in [5, 5.41) is 0.832. The first-order chi connectivity index (χ1) is 10.6. The average Bonchev–Trinajstić information content (AvgIpc) is 3.05. The van der Waals surface area contributed by atoms with Gasteiger partial charge in [-0.3, -0.25) is 14.2 Å². The maximum absolute atomic E-state index is 12.6. The molecule has 1 aliphatic heterocycles. The number of hydrogen-bond acceptors (Lipinski definition) is 4. The molecule has 22 heavy (non-hydrogen) atoms. The van der Waals surface area contributed by atoms with Crippen LogP contribution >= 0.6 is 0 Å². The Kier molecular flexibility index (Phi) is 2.79. The van der Waals surface area contributed by atoms with Crippen LogP contribution in [-0.4, -0.2) is 34.0 Å². The zero-order valence-electron chi connectivity index (χ0n) is 12.2. The average molecular weight is 297 g/mol. The number of furan rings is 1. The van der Waals surface area contributed by atoms with Crippen LogP contribution in [0.1, 0.15) is 6.42 Å². The largest absolute Gasteiger partial charge is 0.448 e. The highest BCUT2D eigenvalue weighted by atomic mass is 16.3. The van der Waals surface area contributed by atoms with Crippen molar-refractivity contribution >= 4 is 28.0 Å². The summed E-state index contributed by atoms with van der Waals surface area (Å²) in [4.78, 5) is 30.6. The fourth-order valence-corrected chi connectivity index (χ4v) is 3.05. The standard InChI is InChI=1S/C16H15N3O3/c1-18-7-6-10(15(18)20)8-19-9-17-13-11-4-2-3-5-12(11)22-14(13)16(19)21/h2-5,9-10H,6-8H2,1H3. The smallest absolute Gasteiger partial charge is 0.297 e. The van der Waals surface area contributed by atoms with Crippen molar-refractivity contribution in [1.82, 2.24) is 14.5 Å². The van der Waals surface area contributed by atoms with Gasteiger partial charge < -0.3 is 9.32 Å². The molecule has 0 aliphatic carbocycles. The van der Waals surface area contributed by atoms with E-state index < -0.39 is 0 Å². The molecule has 0 radical (unpaired) electrons. The molecule has 6 heteroatoms. The summed E-state index contributed by atoms with van der Waals surface area (Å²) in [6.07, 6.45) is 2.28. The van der Waals surface area contributed by atoms with E-state index in [0.29, 0.717) is 17.6 Å². The predicted molar refractivity (Wildman–Crippen MR) is 81.5 cm³/mol. The van der Waals surface area contributed by atoms with E-state index in [0.717, 1.165) is 18.4 Å². The van der Waals surface area contributed by atoms with Crippen molar-refractivity contribution in [3.05, 3.63) is 40.9 Å². The second-order valence-corrected chi connectivity index (χ2v) is 5.72. The number of fused-ring (bicyclic) bond motifs is 3. The first-order valence-corrected chi connectivity index (χ1v) is 7.27. The minimum absolute atomic E-state index is 0.0802. The van der Waals surface area contributed by atoms with Gasteiger partial charge in [-0.25, -0.2) is 4.98 Å². The van der Waals surface area contributed by atoms with Crippen LogP contribution in [0.3, 0.4) is 0 Å². The second-order valence-electron chi connectivity index (χ2n) is 5.72. The monoisotopic (exact) mass is 297 g/mol. The number of likely N-dealkylation sites (tertiary alicyclic amines) is 1. The molecule has 1 fully saturated rings. The minimum atomic E-state index is -0.233. The second kappa shape index (κ2) is 4.69. The highest BCUT2D eigenvalue weighted by Crippen LogP contribution is 2.24. The number of aromatic nitrogens is 2. The van der Waals surface area contributed by atoms with E-state index in [1.165, 1.54) is 10.9 Å². The maximum atomic E-state index is 12.6. The first-order valence-electron chi connectivity index (χ1n) is 7.27. The van der Waals surface area contributed by atoms with Gasteiger partial charge in [0.2, 0.25) is 11.5 Å². The Labute approximate surface area is 126 Å². The summed E-state index contributed by atoms with van der Waals surface area (Å²) in [5.41, 5.74) is 1.24. The van der Waals surface area contributed by atoms with E-state index in [1.54, 1.807) is 11.9 Å². The Hall–Kier alpha value is -2.63. The fraction of sp³-hybridized carbons (Fsp3) is 0.312. The molecule has 6 nitrogen and oxygen atoms in total. The molecule has 0 bridgehead atoms. The van der Waals surface area contributed by atoms with Gasteiger partial charge in [0, 0.05) is 25.5 Å². The van der Waals surface area contributed by atoms with Crippen molar-refractivity contribution in [2.24, 2.45) is 5.92 Å². The van der Waals surface area contributed by atoms with Crippen LogP contribution in [0.15, 0.2) is 39.8 Å². The number of rotatable bonds is 2. The van der Waals surface area contributed by atoms with Gasteiger partial charge in [0.1, 0.15) is 11.1 Å². The summed E-state index contributed by atoms with van der Waals surface area (Å²) >= 11 is 0. The number of carbonyl (C=O) groups is 1. The Morgan fingerprint density at radius 2 is 2.14 bits per heavy atom. The summed E-state index contributed by atoms with van der Waals surface area (Å²) in [7, 11) is 1.78. The van der Waals surface area contributed by atoms with Crippen molar-refractivity contribution in [3.8, 4) is 0 Å². The third-order valence-electron chi connectivity index (χ3n) is 4.31. The normalized spacial score (nSPS) is 18.7. The molecule has 0 spiro atoms. The van der Waals surface area contributed by atoms with Crippen LogP contribution in [0, 0.1) is 5.92 Å². The lowest BCUT2D eigenvalue weighted by molar-refractivity contribution is -0.130. The fourth-order valence-electron chi connectivity index (χ4n) is 3.05. The van der Waals surface area contributed by atoms with E-state index in [4.69, 9.17) is 4.42 Å². The van der Waals surface area contributed by atoms with E-state index >= 15 is 0 Å². The van der Waals surface area contributed by atoms with E-state index in [1.807, 2.05) is 24.3 Å². The molecule has 1 saturated heterocycles. The van der Waals surface area contributed by atoms with Crippen LogP contribution in [0.5, 0.6) is 0 Å². The minimum Gasteiger partial charge on any atom is -0.448 e. The van der Waals surface area contributed by atoms with Gasteiger partial charge in [0.25, 0.3) is 5.56 Å². The zero-order chi connectivity index (χ0) is 15.3. The van der Waals surface area contributed by atoms with Crippen molar-refractivity contribution in [2.75, 3.05) is 13.6 Å². The number of carbonyl (C=O) groups excluding carboxylic acids is 1. The molecule has 3 heterocycles. The van der Waals surface area contributed by atoms with Gasteiger partial charge in [0.15, 0.2) is 0 Å². The molecule has 112 valence electrons. The summed E-state index contributed by atoms with van der Waals surface area (Å²) in [5.74, 6) is -0.0806. The highest BCUT2D eigenvalue weighted by molar-refractivity contribution is 6.01. The first kappa shape index (κ1) is 13.1. The number of amides is 1. The van der Waals surface area contributed by atoms with Crippen molar-refractivity contribution in [3.63, 3.8) is 0 Å². The van der Waals surface area contributed by atoms with Gasteiger partial charge in [-0.1, -0.05) is 12.1 Å². The third kappa shape index (κ3) is 1.83. The Balaban J connectivity index is 1.80. The summed E-state index contributed by atoms with van der Waals surface area (Å²) in [6, 6.07) is 7.44. The number of benzene rings is 1. The lowest BCUT2D eigenvalue weighted by atomic mass is 10.1. The Bertz CT molecular complexity index is 941. The van der Waals surface area contributed by atoms with Gasteiger partial charge in [-0.05, 0) is 18.6 Å². The van der Waals surface area contributed by atoms with Crippen molar-refractivity contribution in [2.45, 2.75) is 13.0 Å². The summed E-state index contributed by atoms with van der Waals surface area (Å²) < 4.78 is 7.12. The molecule has 1 atom stereocenters. The molecule has 1 aliphatic rings. The van der Waals surface area contributed by atoms with Gasteiger partial charge in [-0.2, -0.15) is 0 Å². The zero-order valence-corrected chi connectivity index (χ0v) is 12.2. The molecule has 4 rings (SSSR count). The van der Waals surface area contributed by atoms with Gasteiger partial charge >= 0.3 is 0 Å². The molecular weight excluding hydrogens is 282 g/mol. The third-order valence-corrected chi connectivity index (χ3v) is 4.31. The molecule has 1 unspecified atom stereocenters. The van der Waals surface area contributed by atoms with Crippen LogP contribution in [0.25, 0.3) is 22.1 Å². The number of hydrogen-bond donors (Lipinski definition) is 0. The lowest BCUT2D eigenvalue weighted by Gasteiger charge is -2.11. The molecule has 1 aromatic carbocycles. The topological polar surface area (TPSA) is 68.3 Å². The van der Waals surface area contributed by atoms with Crippen LogP contribution in [0.4, 0.5) is 0 Å². The van der Waals surface area contributed by atoms with E-state index in [9.17, 15) is 9.59 Å². The SMILES string of the molecule is CN1CCC(Cn2cnc3c(oc4ccccc43)c2=O)C1=O. The number of nitrogens with zero attached hydrogens (tertiary/aromatic N) is 3. The van der Waals surface area contributed by atoms with Crippen molar-refractivity contribution < 1.29 is 9.21 Å². The van der Waals surface area contributed by atoms with Crippen molar-refractivity contribution in [1.29, 1.82) is 0 Å². The van der Waals surface area contributed by atoms with Crippen LogP contribution in [-0.2, 0) is 11.3 Å². The quantitative estimate of drug-likeness (QED) is 0.721. The van der Waals surface area contributed by atoms with Gasteiger partial charge in [0.05, 0.1) is 12.2 Å². The lowest BCUT2D eigenvalue weighted by Crippen LogP contribution is -2.29. The molecule has 2 aromatic heterocycles. The molecular formula is C16H15N3O3. The Morgan fingerprint density at radius 1 is 1.32 bits per heavy atom. The van der Waals surface area contributed by atoms with Crippen LogP contribution < -0.4 is 5.56 Å². The van der Waals surface area contributed by atoms with E-state index in [-0.39, 0.29) is 23.0 Å². The molecule has 0 saturated carbocycles. The highest BCUT2D eigenvalue weighted by Gasteiger charge is 2.29. The molecule has 0 N–H and O–H groups in total. The maximum Gasteiger partial charge on any atom is 0.297 e. The molecule has 3 aromatic rings. The Morgan fingerprint density at radius 3 is 2.91 bits per heavy atom. The van der Waals surface area contributed by atoms with E-state index in [2.05, 4.69) is 4.98 Å². The summed E-state index contributed by atoms with van der Waals surface area (Å²) in [6.45, 7) is 1.08.